The zero-order valence-electron chi connectivity index (χ0n) is 11.1. The number of sulfonamides is 1. The predicted octanol–water partition coefficient (Wildman–Crippen LogP) is 2.92. The van der Waals surface area contributed by atoms with Crippen molar-refractivity contribution >= 4 is 33.2 Å². The molecule has 1 aliphatic carbocycles. The number of hydrogen-bond acceptors (Lipinski definition) is 3. The van der Waals surface area contributed by atoms with Crippen molar-refractivity contribution in [3.63, 3.8) is 0 Å². The van der Waals surface area contributed by atoms with Crippen molar-refractivity contribution in [3.8, 4) is 0 Å². The van der Waals surface area contributed by atoms with E-state index in [4.69, 9.17) is 23.2 Å². The molecule has 0 radical (unpaired) electrons. The summed E-state index contributed by atoms with van der Waals surface area (Å²) in [6, 6.07) is 3.93. The van der Waals surface area contributed by atoms with Crippen molar-refractivity contribution in [1.82, 2.24) is 4.31 Å². The van der Waals surface area contributed by atoms with Crippen LogP contribution in [-0.4, -0.2) is 37.0 Å². The molecule has 0 spiro atoms. The average molecular weight is 338 g/mol. The van der Waals surface area contributed by atoms with Crippen molar-refractivity contribution in [2.24, 2.45) is 0 Å². The monoisotopic (exact) mass is 337 g/mol. The highest BCUT2D eigenvalue weighted by Gasteiger charge is 2.35. The fourth-order valence-corrected chi connectivity index (χ4v) is 4.67. The predicted molar refractivity (Wildman–Crippen MR) is 79.7 cm³/mol. The maximum atomic E-state index is 12.6. The third kappa shape index (κ3) is 3.12. The topological polar surface area (TPSA) is 57.6 Å². The molecular weight excluding hydrogens is 321 g/mol. The molecule has 0 amide bonds. The fraction of sp³-hybridized carbons (Fsp3) is 0.538. The van der Waals surface area contributed by atoms with E-state index >= 15 is 0 Å². The molecule has 20 heavy (non-hydrogen) atoms. The lowest BCUT2D eigenvalue weighted by Crippen LogP contribution is -2.46. The number of rotatable bonds is 3. The summed E-state index contributed by atoms with van der Waals surface area (Å²) in [5.74, 6) is 0. The van der Waals surface area contributed by atoms with Gasteiger partial charge in [0.05, 0.1) is 17.2 Å². The lowest BCUT2D eigenvalue weighted by Gasteiger charge is -2.34. The summed E-state index contributed by atoms with van der Waals surface area (Å²) >= 11 is 11.8. The van der Waals surface area contributed by atoms with Crippen LogP contribution in [0.25, 0.3) is 0 Å². The molecule has 1 N–H and O–H groups in total. The highest BCUT2D eigenvalue weighted by Crippen LogP contribution is 2.31. The van der Waals surface area contributed by atoms with Crippen LogP contribution < -0.4 is 0 Å². The van der Waals surface area contributed by atoms with Crippen molar-refractivity contribution in [3.05, 3.63) is 28.2 Å². The van der Waals surface area contributed by atoms with Crippen molar-refractivity contribution < 1.29 is 13.5 Å². The molecule has 1 saturated carbocycles. The van der Waals surface area contributed by atoms with Crippen LogP contribution in [0.4, 0.5) is 0 Å². The van der Waals surface area contributed by atoms with Crippen LogP contribution in [0.3, 0.4) is 0 Å². The molecule has 0 bridgehead atoms. The van der Waals surface area contributed by atoms with Crippen LogP contribution in [0, 0.1) is 0 Å². The summed E-state index contributed by atoms with van der Waals surface area (Å²) < 4.78 is 26.5. The Kier molecular flexibility index (Phi) is 4.97. The molecule has 0 unspecified atom stereocenters. The van der Waals surface area contributed by atoms with Crippen LogP contribution in [0.2, 0.25) is 10.0 Å². The quantitative estimate of drug-likeness (QED) is 0.922. The second-order valence-corrected chi connectivity index (χ2v) is 7.82. The lowest BCUT2D eigenvalue weighted by atomic mass is 9.93. The number of benzene rings is 1. The summed E-state index contributed by atoms with van der Waals surface area (Å²) in [4.78, 5) is -0.0214. The van der Waals surface area contributed by atoms with Gasteiger partial charge in [-0.15, -0.1) is 0 Å². The number of aliphatic hydroxyl groups excluding tert-OH is 1. The third-order valence-corrected chi connectivity index (χ3v) is 6.31. The Morgan fingerprint density at radius 1 is 1.25 bits per heavy atom. The van der Waals surface area contributed by atoms with E-state index in [0.29, 0.717) is 17.9 Å². The van der Waals surface area contributed by atoms with Gasteiger partial charge < -0.3 is 5.11 Å². The zero-order valence-corrected chi connectivity index (χ0v) is 13.4. The Labute approximate surface area is 129 Å². The largest absolute Gasteiger partial charge is 0.391 e. The van der Waals surface area contributed by atoms with Crippen molar-refractivity contribution in [1.29, 1.82) is 0 Å². The second-order valence-electron chi connectivity index (χ2n) is 5.02. The lowest BCUT2D eigenvalue weighted by molar-refractivity contribution is 0.0638. The van der Waals surface area contributed by atoms with Gasteiger partial charge in [-0.3, -0.25) is 0 Å². The van der Waals surface area contributed by atoms with E-state index in [-0.39, 0.29) is 9.92 Å². The smallest absolute Gasteiger partial charge is 0.244 e. The number of likely N-dealkylation sites (N-methyl/N-ethyl adjacent to an activating group) is 1. The number of halogens is 2. The Balaban J connectivity index is 2.36. The highest BCUT2D eigenvalue weighted by molar-refractivity contribution is 7.89. The minimum absolute atomic E-state index is 0.0214. The Hall–Kier alpha value is -0.330. The van der Waals surface area contributed by atoms with E-state index in [0.717, 1.165) is 12.8 Å². The molecule has 1 fully saturated rings. The van der Waals surface area contributed by atoms with Crippen molar-refractivity contribution in [2.75, 3.05) is 7.05 Å². The summed E-state index contributed by atoms with van der Waals surface area (Å²) in [5, 5.41) is 10.5. The van der Waals surface area contributed by atoms with Gasteiger partial charge in [0.1, 0.15) is 4.90 Å². The second kappa shape index (κ2) is 6.20. The van der Waals surface area contributed by atoms with E-state index in [1.807, 2.05) is 0 Å². The van der Waals surface area contributed by atoms with Gasteiger partial charge in [0.15, 0.2) is 0 Å². The molecule has 112 valence electrons. The van der Waals surface area contributed by atoms with Gasteiger partial charge in [-0.1, -0.05) is 36.0 Å². The number of aliphatic hydroxyl groups is 1. The molecule has 2 atom stereocenters. The normalized spacial score (nSPS) is 24.1. The van der Waals surface area contributed by atoms with Gasteiger partial charge in [0.25, 0.3) is 0 Å². The Morgan fingerprint density at radius 3 is 2.55 bits per heavy atom. The van der Waals surface area contributed by atoms with Gasteiger partial charge in [0, 0.05) is 12.1 Å². The molecule has 1 aliphatic rings. The Bertz CT molecular complexity index is 591. The molecule has 0 aliphatic heterocycles. The van der Waals surface area contributed by atoms with Gasteiger partial charge in [-0.05, 0) is 31.0 Å². The maximum Gasteiger partial charge on any atom is 0.244 e. The van der Waals surface area contributed by atoms with Gasteiger partial charge >= 0.3 is 0 Å². The van der Waals surface area contributed by atoms with E-state index in [1.54, 1.807) is 6.07 Å². The zero-order chi connectivity index (χ0) is 14.9. The molecule has 7 heteroatoms. The SMILES string of the molecule is CN([C@@H]1CCCC[C@H]1O)S(=O)(=O)c1cc(Cl)ccc1Cl. The first kappa shape index (κ1) is 16.0. The molecule has 0 saturated heterocycles. The molecule has 0 heterocycles. The van der Waals surface area contributed by atoms with Crippen molar-refractivity contribution in [2.45, 2.75) is 42.7 Å². The van der Waals surface area contributed by atoms with Gasteiger partial charge in [-0.2, -0.15) is 4.31 Å². The van der Waals surface area contributed by atoms with Crippen LogP contribution in [0.1, 0.15) is 25.7 Å². The third-order valence-electron chi connectivity index (χ3n) is 3.71. The average Bonchev–Trinajstić information content (AvgIpc) is 2.41. The molecule has 2 rings (SSSR count). The Morgan fingerprint density at radius 2 is 1.90 bits per heavy atom. The minimum Gasteiger partial charge on any atom is -0.391 e. The molecule has 0 aromatic heterocycles. The standard InChI is InChI=1S/C13H17Cl2NO3S/c1-16(11-4-2-3-5-12(11)17)20(18,19)13-8-9(14)6-7-10(13)15/h6-8,11-12,17H,2-5H2,1H3/t11-,12-/m1/s1. The molecule has 1 aromatic rings. The summed E-state index contributed by atoms with van der Waals surface area (Å²) in [6.07, 6.45) is 2.46. The highest BCUT2D eigenvalue weighted by atomic mass is 35.5. The molecule has 4 nitrogen and oxygen atoms in total. The number of hydrogen-bond donors (Lipinski definition) is 1. The van der Waals surface area contributed by atoms with Crippen LogP contribution in [0.15, 0.2) is 23.1 Å². The van der Waals surface area contributed by atoms with Gasteiger partial charge in [0.2, 0.25) is 10.0 Å². The summed E-state index contributed by atoms with van der Waals surface area (Å²) in [5.41, 5.74) is 0. The van der Waals surface area contributed by atoms with E-state index < -0.39 is 22.2 Å². The van der Waals surface area contributed by atoms with Crippen LogP contribution in [0.5, 0.6) is 0 Å². The van der Waals surface area contributed by atoms with Crippen LogP contribution >= 0.6 is 23.2 Å². The van der Waals surface area contributed by atoms with E-state index in [9.17, 15) is 13.5 Å². The fourth-order valence-electron chi connectivity index (χ4n) is 2.52. The summed E-state index contributed by atoms with van der Waals surface area (Å²) in [7, 11) is -2.29. The maximum absolute atomic E-state index is 12.6. The summed E-state index contributed by atoms with van der Waals surface area (Å²) in [6.45, 7) is 0. The molecular formula is C13H17Cl2NO3S. The first-order valence-electron chi connectivity index (χ1n) is 6.45. The number of nitrogens with zero attached hydrogens (tertiary/aromatic N) is 1. The van der Waals surface area contributed by atoms with Crippen LogP contribution in [-0.2, 0) is 10.0 Å². The first-order chi connectivity index (χ1) is 9.34. The van der Waals surface area contributed by atoms with Gasteiger partial charge in [-0.25, -0.2) is 8.42 Å². The van der Waals surface area contributed by atoms with E-state index in [2.05, 4.69) is 0 Å². The minimum atomic E-state index is -3.77. The van der Waals surface area contributed by atoms with E-state index in [1.165, 1.54) is 23.5 Å². The molecule has 1 aromatic carbocycles. The first-order valence-corrected chi connectivity index (χ1v) is 8.65.